The van der Waals surface area contributed by atoms with E-state index < -0.39 is 17.2 Å². The van der Waals surface area contributed by atoms with Crippen LogP contribution in [0, 0.1) is 16.7 Å². The Hall–Kier alpha value is -2.96. The van der Waals surface area contributed by atoms with Crippen molar-refractivity contribution < 1.29 is 13.9 Å². The molecule has 0 saturated carbocycles. The van der Waals surface area contributed by atoms with Gasteiger partial charge in [-0.05, 0) is 68.8 Å². The number of halogens is 1. The zero-order valence-electron chi connectivity index (χ0n) is 22.0. The van der Waals surface area contributed by atoms with E-state index in [0.29, 0.717) is 51.7 Å². The molecule has 0 amide bonds. The van der Waals surface area contributed by atoms with Crippen LogP contribution in [0.15, 0.2) is 18.2 Å². The number of nitrogen functional groups attached to an aromatic ring is 1. The third-order valence-corrected chi connectivity index (χ3v) is 9.53. The lowest BCUT2D eigenvalue weighted by molar-refractivity contribution is -0.0856. The smallest absolute Gasteiger partial charge is 0.318 e. The van der Waals surface area contributed by atoms with Crippen LogP contribution in [-0.4, -0.2) is 59.4 Å². The first-order valence-electron chi connectivity index (χ1n) is 13.9. The van der Waals surface area contributed by atoms with Gasteiger partial charge in [-0.1, -0.05) is 6.07 Å². The highest BCUT2D eigenvalue weighted by atomic mass is 19.1. The van der Waals surface area contributed by atoms with E-state index in [-0.39, 0.29) is 5.54 Å². The van der Waals surface area contributed by atoms with Crippen molar-refractivity contribution in [2.24, 2.45) is 5.41 Å². The lowest BCUT2D eigenvalue weighted by Gasteiger charge is -2.47. The predicted molar refractivity (Wildman–Crippen MR) is 140 cm³/mol. The number of anilines is 2. The molecule has 5 aliphatic rings. The maximum Gasteiger partial charge on any atom is 0.318 e. The summed E-state index contributed by atoms with van der Waals surface area (Å²) >= 11 is 0. The molecular formula is C29H35FN6O2. The summed E-state index contributed by atoms with van der Waals surface area (Å²) in [6.45, 7) is 5.40. The average molecular weight is 519 g/mol. The second kappa shape index (κ2) is 8.52. The Morgan fingerprint density at radius 1 is 1.26 bits per heavy atom. The fraction of sp³-hybridized carbons (Fsp3) is 0.621. The van der Waals surface area contributed by atoms with Crippen molar-refractivity contribution in [2.75, 3.05) is 43.4 Å². The third-order valence-electron chi connectivity index (χ3n) is 9.53. The molecule has 1 aromatic heterocycles. The van der Waals surface area contributed by atoms with Gasteiger partial charge in [-0.2, -0.15) is 15.2 Å². The molecule has 3 saturated heterocycles. The van der Waals surface area contributed by atoms with E-state index in [4.69, 9.17) is 25.2 Å². The standard InChI is InChI=1S/C29H35FN6O2/c1-27(15-31)16-35(17-27)25-22-14-38-29(8-2-4-19-5-6-21(32)10-23(19)29)12-24(22)33-26(34-25)37-18-28-7-3-9-36(28)13-20(30)11-28/h5-6,10,20H,2-4,7-9,11-14,16-18,32H2,1H3/t20-,28?,29+/m1/s1. The number of ether oxygens (including phenoxy) is 2. The molecule has 5 heterocycles. The number of rotatable bonds is 4. The maximum absolute atomic E-state index is 14.3. The average Bonchev–Trinajstić information content (AvgIpc) is 3.41. The van der Waals surface area contributed by atoms with Gasteiger partial charge in [0.15, 0.2) is 0 Å². The summed E-state index contributed by atoms with van der Waals surface area (Å²) < 4.78 is 27.4. The molecular weight excluding hydrogens is 483 g/mol. The number of nitrogens with zero attached hydrogens (tertiary/aromatic N) is 5. The predicted octanol–water partition coefficient (Wildman–Crippen LogP) is 3.67. The Balaban J connectivity index is 1.23. The van der Waals surface area contributed by atoms with Gasteiger partial charge in [-0.25, -0.2) is 4.39 Å². The number of hydrogen-bond donors (Lipinski definition) is 1. The molecule has 1 aliphatic carbocycles. The minimum absolute atomic E-state index is 0.265. The first-order chi connectivity index (χ1) is 18.3. The minimum Gasteiger partial charge on any atom is -0.461 e. The molecule has 3 atom stereocenters. The van der Waals surface area contributed by atoms with E-state index in [1.54, 1.807) is 0 Å². The van der Waals surface area contributed by atoms with Crippen LogP contribution >= 0.6 is 0 Å². The minimum atomic E-state index is -0.806. The van der Waals surface area contributed by atoms with Gasteiger partial charge >= 0.3 is 6.01 Å². The molecule has 200 valence electrons. The van der Waals surface area contributed by atoms with Crippen molar-refractivity contribution in [1.29, 1.82) is 5.26 Å². The topological polar surface area (TPSA) is 101 Å². The van der Waals surface area contributed by atoms with Gasteiger partial charge in [-0.3, -0.25) is 4.90 Å². The number of benzene rings is 1. The van der Waals surface area contributed by atoms with E-state index in [9.17, 15) is 9.65 Å². The van der Waals surface area contributed by atoms with Gasteiger partial charge in [0.2, 0.25) is 0 Å². The number of fused-ring (bicyclic) bond motifs is 4. The Kier molecular flexibility index (Phi) is 5.41. The highest BCUT2D eigenvalue weighted by molar-refractivity contribution is 5.56. The fourth-order valence-corrected chi connectivity index (χ4v) is 7.58. The third kappa shape index (κ3) is 3.76. The number of alkyl halides is 1. The second-order valence-electron chi connectivity index (χ2n) is 12.4. The van der Waals surface area contributed by atoms with E-state index in [0.717, 1.165) is 61.4 Å². The number of nitrogens with two attached hydrogens (primary N) is 1. The molecule has 8 nitrogen and oxygen atoms in total. The van der Waals surface area contributed by atoms with Gasteiger partial charge in [0.1, 0.15) is 18.6 Å². The zero-order valence-corrected chi connectivity index (χ0v) is 22.0. The van der Waals surface area contributed by atoms with Crippen LogP contribution in [-0.2, 0) is 29.8 Å². The van der Waals surface area contributed by atoms with Crippen LogP contribution < -0.4 is 15.4 Å². The van der Waals surface area contributed by atoms with Crippen LogP contribution in [0.2, 0.25) is 0 Å². The molecule has 38 heavy (non-hydrogen) atoms. The summed E-state index contributed by atoms with van der Waals surface area (Å²) in [5.41, 5.74) is 10.2. The molecule has 4 aliphatic heterocycles. The van der Waals surface area contributed by atoms with E-state index in [1.807, 2.05) is 13.0 Å². The zero-order chi connectivity index (χ0) is 26.1. The Morgan fingerprint density at radius 3 is 2.97 bits per heavy atom. The van der Waals surface area contributed by atoms with E-state index in [1.165, 1.54) is 11.1 Å². The first-order valence-corrected chi connectivity index (χ1v) is 13.9. The summed E-state index contributed by atoms with van der Waals surface area (Å²) in [6.07, 6.45) is 5.30. The molecule has 1 unspecified atom stereocenters. The highest BCUT2D eigenvalue weighted by Gasteiger charge is 2.50. The Morgan fingerprint density at radius 2 is 2.13 bits per heavy atom. The molecule has 0 radical (unpaired) electrons. The Bertz CT molecular complexity index is 1320. The van der Waals surface area contributed by atoms with Crippen LogP contribution in [0.4, 0.5) is 15.9 Å². The molecule has 2 aromatic rings. The maximum atomic E-state index is 14.3. The quantitative estimate of drug-likeness (QED) is 0.612. The van der Waals surface area contributed by atoms with E-state index in [2.05, 4.69) is 28.0 Å². The molecule has 3 fully saturated rings. The largest absolute Gasteiger partial charge is 0.461 e. The fourth-order valence-electron chi connectivity index (χ4n) is 7.58. The molecule has 1 spiro atoms. The lowest BCUT2D eigenvalue weighted by Crippen LogP contribution is -2.55. The number of aryl methyl sites for hydroxylation is 1. The second-order valence-corrected chi connectivity index (χ2v) is 12.4. The molecule has 0 bridgehead atoms. The Labute approximate surface area is 222 Å². The first kappa shape index (κ1) is 24.1. The summed E-state index contributed by atoms with van der Waals surface area (Å²) in [7, 11) is 0. The van der Waals surface area contributed by atoms with Crippen LogP contribution in [0.25, 0.3) is 0 Å². The van der Waals surface area contributed by atoms with E-state index >= 15 is 0 Å². The van der Waals surface area contributed by atoms with Crippen LogP contribution in [0.3, 0.4) is 0 Å². The van der Waals surface area contributed by atoms with Crippen LogP contribution in [0.5, 0.6) is 6.01 Å². The van der Waals surface area contributed by atoms with Gasteiger partial charge in [0, 0.05) is 43.7 Å². The van der Waals surface area contributed by atoms with Gasteiger partial charge in [-0.15, -0.1) is 0 Å². The lowest BCUT2D eigenvalue weighted by atomic mass is 9.74. The summed E-state index contributed by atoms with van der Waals surface area (Å²) in [4.78, 5) is 14.2. The van der Waals surface area contributed by atoms with Gasteiger partial charge in [0.25, 0.3) is 0 Å². The molecule has 7 rings (SSSR count). The summed E-state index contributed by atoms with van der Waals surface area (Å²) in [5, 5.41) is 9.59. The van der Waals surface area contributed by atoms with Crippen molar-refractivity contribution in [2.45, 2.75) is 75.8 Å². The van der Waals surface area contributed by atoms with Crippen molar-refractivity contribution in [3.05, 3.63) is 40.6 Å². The summed E-state index contributed by atoms with van der Waals surface area (Å²) in [6, 6.07) is 8.92. The number of nitriles is 1. The number of hydrogen-bond acceptors (Lipinski definition) is 8. The number of aromatic nitrogens is 2. The summed E-state index contributed by atoms with van der Waals surface area (Å²) in [5.74, 6) is 0.798. The molecule has 2 N–H and O–H groups in total. The SMILES string of the molecule is CC1(C#N)CN(c2nc(OCC34CCCN3C[C@H](F)C4)nc3c2CO[C@@]2(CCCc4ccc(N)cc42)C3)C1. The highest BCUT2D eigenvalue weighted by Crippen LogP contribution is 2.48. The van der Waals surface area contributed by atoms with Crippen molar-refractivity contribution >= 4 is 11.5 Å². The van der Waals surface area contributed by atoms with Crippen molar-refractivity contribution in [3.63, 3.8) is 0 Å². The monoisotopic (exact) mass is 518 g/mol. The van der Waals surface area contributed by atoms with Crippen molar-refractivity contribution in [3.8, 4) is 12.1 Å². The molecule has 1 aromatic carbocycles. The molecule has 9 heteroatoms. The van der Waals surface area contributed by atoms with Gasteiger partial charge < -0.3 is 20.1 Å². The van der Waals surface area contributed by atoms with Gasteiger partial charge in [0.05, 0.1) is 34.9 Å². The van der Waals surface area contributed by atoms with Crippen molar-refractivity contribution in [1.82, 2.24) is 14.9 Å². The normalized spacial score (nSPS) is 31.3. The van der Waals surface area contributed by atoms with Crippen LogP contribution in [0.1, 0.15) is 61.4 Å².